The molecule has 3 aliphatic rings. The van der Waals surface area contributed by atoms with E-state index in [-0.39, 0.29) is 5.82 Å². The molecule has 6 nitrogen and oxygen atoms in total. The van der Waals surface area contributed by atoms with Crippen LogP contribution in [0.2, 0.25) is 0 Å². The third-order valence-electron chi connectivity index (χ3n) is 8.22. The third-order valence-corrected chi connectivity index (χ3v) is 8.22. The topological polar surface area (TPSA) is 60.6 Å². The zero-order valence-electron chi connectivity index (χ0n) is 20.3. The number of aromatic nitrogens is 5. The molecule has 2 unspecified atom stereocenters. The molecule has 0 spiro atoms. The summed E-state index contributed by atoms with van der Waals surface area (Å²) in [6.45, 7) is 5.24. The smallest absolute Gasteiger partial charge is 0.166 e. The average molecular weight is 461 g/mol. The second kappa shape index (κ2) is 8.36. The number of anilines is 1. The van der Waals surface area contributed by atoms with Gasteiger partial charge in [-0.2, -0.15) is 0 Å². The van der Waals surface area contributed by atoms with E-state index in [0.29, 0.717) is 17.8 Å². The highest BCUT2D eigenvalue weighted by molar-refractivity contribution is 5.95. The summed E-state index contributed by atoms with van der Waals surface area (Å²) in [4.78, 5) is 14.4. The highest BCUT2D eigenvalue weighted by Gasteiger charge is 2.36. The van der Waals surface area contributed by atoms with Gasteiger partial charge in [-0.25, -0.2) is 19.3 Å². The lowest BCUT2D eigenvalue weighted by Crippen LogP contribution is -2.40. The standard InChI is InChI=1S/C27H33FN6/c1-4-16(2)14-34-15-22(21-12-19(28)13-29-26(21)34)25-31-24(20-9-10-33(3)27(20)32-25)30-23-11-17-5-7-18(23)8-6-17/h9-10,12-13,15-18,23H,4-8,11,14H2,1-3H3,(H,30,31,32). The fraction of sp³-hybridized carbons (Fsp3) is 0.519. The number of rotatable bonds is 6. The van der Waals surface area contributed by atoms with E-state index in [0.717, 1.165) is 58.2 Å². The normalized spacial score (nSPS) is 23.1. The highest BCUT2D eigenvalue weighted by atomic mass is 19.1. The van der Waals surface area contributed by atoms with Crippen LogP contribution in [0, 0.1) is 23.6 Å². The molecule has 4 aromatic heterocycles. The van der Waals surface area contributed by atoms with Crippen LogP contribution in [0.25, 0.3) is 33.5 Å². The molecule has 4 heterocycles. The Hall–Kier alpha value is -2.96. The molecule has 0 radical (unpaired) electrons. The Kier molecular flexibility index (Phi) is 5.30. The van der Waals surface area contributed by atoms with Crippen LogP contribution in [0.15, 0.2) is 30.7 Å². The molecule has 1 N–H and O–H groups in total. The Balaban J connectivity index is 1.47. The van der Waals surface area contributed by atoms with Crippen molar-refractivity contribution in [1.82, 2.24) is 24.1 Å². The van der Waals surface area contributed by atoms with Gasteiger partial charge in [-0.15, -0.1) is 0 Å². The van der Waals surface area contributed by atoms with E-state index in [2.05, 4.69) is 41.0 Å². The van der Waals surface area contributed by atoms with Crippen LogP contribution in [0.4, 0.5) is 10.2 Å². The fourth-order valence-corrected chi connectivity index (χ4v) is 6.03. The monoisotopic (exact) mass is 460 g/mol. The van der Waals surface area contributed by atoms with Gasteiger partial charge in [0.2, 0.25) is 0 Å². The molecule has 0 aromatic carbocycles. The van der Waals surface area contributed by atoms with Gasteiger partial charge >= 0.3 is 0 Å². The maximum absolute atomic E-state index is 14.3. The minimum absolute atomic E-state index is 0.341. The molecule has 3 saturated carbocycles. The van der Waals surface area contributed by atoms with Crippen molar-refractivity contribution in [3.8, 4) is 11.4 Å². The maximum Gasteiger partial charge on any atom is 0.166 e. The van der Waals surface area contributed by atoms with Crippen molar-refractivity contribution in [2.45, 2.75) is 65.0 Å². The van der Waals surface area contributed by atoms with Crippen LogP contribution < -0.4 is 5.32 Å². The second-order valence-electron chi connectivity index (χ2n) is 10.6. The fourth-order valence-electron chi connectivity index (χ4n) is 6.03. The van der Waals surface area contributed by atoms with E-state index in [1.54, 1.807) is 6.07 Å². The second-order valence-corrected chi connectivity index (χ2v) is 10.6. The molecule has 3 aliphatic carbocycles. The SMILES string of the molecule is CCC(C)Cn1cc(-c2nc(NC3CC4CCC3CC4)c3ccn(C)c3n2)c2cc(F)cnc21. The summed E-state index contributed by atoms with van der Waals surface area (Å²) in [6, 6.07) is 4.12. The van der Waals surface area contributed by atoms with Crippen molar-refractivity contribution in [2.24, 2.45) is 24.8 Å². The minimum atomic E-state index is -0.341. The van der Waals surface area contributed by atoms with Gasteiger partial charge in [-0.05, 0) is 49.1 Å². The van der Waals surface area contributed by atoms with Crippen LogP contribution in [-0.4, -0.2) is 30.1 Å². The van der Waals surface area contributed by atoms with E-state index in [1.807, 2.05) is 17.8 Å². The first-order valence-electron chi connectivity index (χ1n) is 12.7. The molecule has 4 aromatic rings. The molecule has 2 atom stereocenters. The van der Waals surface area contributed by atoms with Gasteiger partial charge in [0.05, 0.1) is 11.6 Å². The van der Waals surface area contributed by atoms with Gasteiger partial charge in [-0.1, -0.05) is 33.1 Å². The zero-order valence-corrected chi connectivity index (χ0v) is 20.3. The van der Waals surface area contributed by atoms with E-state index >= 15 is 0 Å². The molecule has 0 amide bonds. The first-order valence-corrected chi connectivity index (χ1v) is 12.7. The Bertz CT molecular complexity index is 1350. The highest BCUT2D eigenvalue weighted by Crippen LogP contribution is 2.43. The molecule has 0 saturated heterocycles. The number of hydrogen-bond donors (Lipinski definition) is 1. The van der Waals surface area contributed by atoms with E-state index in [9.17, 15) is 4.39 Å². The van der Waals surface area contributed by atoms with Gasteiger partial charge in [-0.3, -0.25) is 0 Å². The lowest BCUT2D eigenvalue weighted by molar-refractivity contribution is 0.157. The average Bonchev–Trinajstić information content (AvgIpc) is 3.40. The van der Waals surface area contributed by atoms with Crippen molar-refractivity contribution < 1.29 is 4.39 Å². The lowest BCUT2D eigenvalue weighted by Gasteiger charge is -2.42. The quantitative estimate of drug-likeness (QED) is 0.374. The predicted molar refractivity (Wildman–Crippen MR) is 134 cm³/mol. The number of nitrogens with zero attached hydrogens (tertiary/aromatic N) is 5. The number of fused-ring (bicyclic) bond motifs is 5. The largest absolute Gasteiger partial charge is 0.366 e. The third kappa shape index (κ3) is 3.65. The molecule has 178 valence electrons. The lowest BCUT2D eigenvalue weighted by atomic mass is 9.68. The molecule has 2 bridgehead atoms. The first-order chi connectivity index (χ1) is 16.5. The van der Waals surface area contributed by atoms with Gasteiger partial charge in [0, 0.05) is 43.0 Å². The molecule has 3 fully saturated rings. The van der Waals surface area contributed by atoms with E-state index in [1.165, 1.54) is 38.3 Å². The molecule has 7 rings (SSSR count). The summed E-state index contributed by atoms with van der Waals surface area (Å²) in [7, 11) is 2.01. The number of pyridine rings is 1. The van der Waals surface area contributed by atoms with Gasteiger partial charge < -0.3 is 14.5 Å². The summed E-state index contributed by atoms with van der Waals surface area (Å²) >= 11 is 0. The summed E-state index contributed by atoms with van der Waals surface area (Å²) in [5, 5.41) is 5.63. The first kappa shape index (κ1) is 21.6. The van der Waals surface area contributed by atoms with Crippen molar-refractivity contribution in [2.75, 3.05) is 5.32 Å². The summed E-state index contributed by atoms with van der Waals surface area (Å²) < 4.78 is 18.4. The molecular formula is C27H33FN6. The zero-order chi connectivity index (χ0) is 23.4. The molecule has 34 heavy (non-hydrogen) atoms. The van der Waals surface area contributed by atoms with Crippen LogP contribution in [0.3, 0.4) is 0 Å². The Morgan fingerprint density at radius 3 is 2.71 bits per heavy atom. The van der Waals surface area contributed by atoms with Gasteiger partial charge in [0.1, 0.15) is 22.9 Å². The minimum Gasteiger partial charge on any atom is -0.366 e. The number of aryl methyl sites for hydroxylation is 1. The Morgan fingerprint density at radius 1 is 1.15 bits per heavy atom. The van der Waals surface area contributed by atoms with Crippen molar-refractivity contribution in [1.29, 1.82) is 0 Å². The van der Waals surface area contributed by atoms with Gasteiger partial charge in [0.25, 0.3) is 0 Å². The Morgan fingerprint density at radius 2 is 1.97 bits per heavy atom. The number of halogens is 1. The summed E-state index contributed by atoms with van der Waals surface area (Å²) in [6.07, 6.45) is 13.0. The van der Waals surface area contributed by atoms with Crippen LogP contribution in [-0.2, 0) is 13.6 Å². The molecular weight excluding hydrogens is 427 g/mol. The van der Waals surface area contributed by atoms with Crippen molar-refractivity contribution >= 4 is 27.9 Å². The summed E-state index contributed by atoms with van der Waals surface area (Å²) in [5.74, 6) is 3.22. The molecule has 0 aliphatic heterocycles. The van der Waals surface area contributed by atoms with Crippen molar-refractivity contribution in [3.05, 3.63) is 36.5 Å². The van der Waals surface area contributed by atoms with E-state index < -0.39 is 0 Å². The van der Waals surface area contributed by atoms with Crippen molar-refractivity contribution in [3.63, 3.8) is 0 Å². The molecule has 7 heteroatoms. The van der Waals surface area contributed by atoms with Gasteiger partial charge in [0.15, 0.2) is 5.82 Å². The van der Waals surface area contributed by atoms with Crippen LogP contribution in [0.1, 0.15) is 52.4 Å². The summed E-state index contributed by atoms with van der Waals surface area (Å²) in [5.41, 5.74) is 2.51. The van der Waals surface area contributed by atoms with E-state index in [4.69, 9.17) is 9.97 Å². The number of hydrogen-bond acceptors (Lipinski definition) is 4. The van der Waals surface area contributed by atoms with Crippen LogP contribution >= 0.6 is 0 Å². The van der Waals surface area contributed by atoms with Crippen LogP contribution in [0.5, 0.6) is 0 Å². The maximum atomic E-state index is 14.3. The predicted octanol–water partition coefficient (Wildman–Crippen LogP) is 6.16. The number of nitrogens with one attached hydrogen (secondary N) is 1. The Labute approximate surface area is 199 Å².